The van der Waals surface area contributed by atoms with Gasteiger partial charge in [-0.05, 0) is 51.4 Å². The van der Waals surface area contributed by atoms with Crippen LogP contribution in [-0.4, -0.2) is 47.4 Å². The van der Waals surface area contributed by atoms with E-state index < -0.39 is 12.1 Å². The maximum absolute atomic E-state index is 12.6. The predicted molar refractivity (Wildman–Crippen MR) is 384 cm³/mol. The number of aliphatic hydroxyl groups is 2. The number of esters is 1. The largest absolute Gasteiger partial charge is 0.466 e. The van der Waals surface area contributed by atoms with E-state index >= 15 is 0 Å². The third-order valence-electron chi connectivity index (χ3n) is 19.3. The van der Waals surface area contributed by atoms with E-state index in [1.54, 1.807) is 0 Å². The molecule has 0 radical (unpaired) electrons. The number of ether oxygens (including phenoxy) is 1. The van der Waals surface area contributed by atoms with Gasteiger partial charge in [0.2, 0.25) is 5.91 Å². The zero-order chi connectivity index (χ0) is 62.8. The van der Waals surface area contributed by atoms with Crippen LogP contribution < -0.4 is 5.32 Å². The first-order valence-electron chi connectivity index (χ1n) is 40.4. The number of allylic oxidation sites excluding steroid dienone is 2. The minimum atomic E-state index is -0.663. The van der Waals surface area contributed by atoms with Crippen LogP contribution in [-0.2, 0) is 14.3 Å². The van der Waals surface area contributed by atoms with Crippen LogP contribution in [0.5, 0.6) is 0 Å². The SMILES string of the molecule is CCCCCCCCCCCCCCCCCCCCCCCCCCC(O)C(CO)NC(=O)CCCCCCCCCCCCCCCCCCC/C=C\CCCCCCCCCCCCCCCCOC(=O)CCCCCCCCCCCCC. The molecule has 2 unspecified atom stereocenters. The smallest absolute Gasteiger partial charge is 0.305 e. The minimum Gasteiger partial charge on any atom is -0.466 e. The van der Waals surface area contributed by atoms with Gasteiger partial charge in [0.15, 0.2) is 0 Å². The predicted octanol–water partition coefficient (Wildman–Crippen LogP) is 26.7. The molecule has 1 amide bonds. The summed E-state index contributed by atoms with van der Waals surface area (Å²) in [6.45, 7) is 5.01. The quantitative estimate of drug-likeness (QED) is 0.0320. The molecule has 87 heavy (non-hydrogen) atoms. The molecule has 0 aromatic rings. The second-order valence-electron chi connectivity index (χ2n) is 28.1. The van der Waals surface area contributed by atoms with E-state index in [-0.39, 0.29) is 18.5 Å². The van der Waals surface area contributed by atoms with Crippen LogP contribution in [0.15, 0.2) is 12.2 Å². The molecule has 0 saturated heterocycles. The Morgan fingerprint density at radius 2 is 0.540 bits per heavy atom. The number of nitrogens with one attached hydrogen (secondary N) is 1. The summed E-state index contributed by atoms with van der Waals surface area (Å²) in [7, 11) is 0. The Kier molecular flexibility index (Phi) is 75.8. The van der Waals surface area contributed by atoms with Crippen molar-refractivity contribution in [2.45, 2.75) is 482 Å². The first kappa shape index (κ1) is 85.6. The number of hydrogen-bond donors (Lipinski definition) is 3. The molecular formula is C81H159NO5. The molecule has 0 heterocycles. The van der Waals surface area contributed by atoms with Crippen molar-refractivity contribution in [1.82, 2.24) is 5.32 Å². The normalized spacial score (nSPS) is 12.5. The van der Waals surface area contributed by atoms with Crippen molar-refractivity contribution in [3.63, 3.8) is 0 Å². The summed E-state index contributed by atoms with van der Waals surface area (Å²) in [5.41, 5.74) is 0. The Balaban J connectivity index is 3.34. The average molecular weight is 1230 g/mol. The van der Waals surface area contributed by atoms with E-state index in [1.807, 2.05) is 0 Å². The number of carbonyl (C=O) groups is 2. The maximum Gasteiger partial charge on any atom is 0.305 e. The van der Waals surface area contributed by atoms with Crippen molar-refractivity contribution < 1.29 is 24.5 Å². The minimum absolute atomic E-state index is 0.0211. The van der Waals surface area contributed by atoms with Crippen LogP contribution in [0.2, 0.25) is 0 Å². The zero-order valence-electron chi connectivity index (χ0n) is 59.5. The lowest BCUT2D eigenvalue weighted by Gasteiger charge is -2.22. The number of unbranched alkanes of at least 4 members (excludes halogenated alkanes) is 64. The molecular weight excluding hydrogens is 1070 g/mol. The summed E-state index contributed by atoms with van der Waals surface area (Å²) < 4.78 is 5.48. The second kappa shape index (κ2) is 77.1. The van der Waals surface area contributed by atoms with E-state index in [1.165, 1.54) is 398 Å². The lowest BCUT2D eigenvalue weighted by Crippen LogP contribution is -2.45. The molecule has 0 aliphatic carbocycles. The third-order valence-corrected chi connectivity index (χ3v) is 19.3. The zero-order valence-corrected chi connectivity index (χ0v) is 59.5. The molecule has 518 valence electrons. The second-order valence-corrected chi connectivity index (χ2v) is 28.1. The van der Waals surface area contributed by atoms with Crippen molar-refractivity contribution in [3.8, 4) is 0 Å². The molecule has 0 rings (SSSR count). The first-order valence-corrected chi connectivity index (χ1v) is 40.4. The molecule has 0 aromatic carbocycles. The molecule has 0 bridgehead atoms. The van der Waals surface area contributed by atoms with Gasteiger partial charge in [0.1, 0.15) is 0 Å². The average Bonchev–Trinajstić information content (AvgIpc) is 3.54. The summed E-state index contributed by atoms with van der Waals surface area (Å²) in [6.07, 6.45) is 97.5. The Hall–Kier alpha value is -1.40. The van der Waals surface area contributed by atoms with Gasteiger partial charge >= 0.3 is 5.97 Å². The Morgan fingerprint density at radius 1 is 0.310 bits per heavy atom. The van der Waals surface area contributed by atoms with Crippen LogP contribution in [0, 0.1) is 0 Å². The van der Waals surface area contributed by atoms with Gasteiger partial charge in [-0.15, -0.1) is 0 Å². The molecule has 0 fully saturated rings. The van der Waals surface area contributed by atoms with Crippen molar-refractivity contribution >= 4 is 11.9 Å². The van der Waals surface area contributed by atoms with Crippen molar-refractivity contribution in [2.24, 2.45) is 0 Å². The van der Waals surface area contributed by atoms with Gasteiger partial charge in [0, 0.05) is 12.8 Å². The Morgan fingerprint density at radius 3 is 0.816 bits per heavy atom. The molecule has 0 saturated carbocycles. The van der Waals surface area contributed by atoms with Crippen molar-refractivity contribution in [3.05, 3.63) is 12.2 Å². The fraction of sp³-hybridized carbons (Fsp3) is 0.951. The number of amides is 1. The molecule has 0 spiro atoms. The van der Waals surface area contributed by atoms with Crippen LogP contribution in [0.4, 0.5) is 0 Å². The fourth-order valence-electron chi connectivity index (χ4n) is 13.2. The van der Waals surface area contributed by atoms with Crippen LogP contribution in [0.25, 0.3) is 0 Å². The third kappa shape index (κ3) is 73.5. The highest BCUT2D eigenvalue weighted by molar-refractivity contribution is 5.76. The van der Waals surface area contributed by atoms with Gasteiger partial charge in [-0.25, -0.2) is 0 Å². The lowest BCUT2D eigenvalue weighted by atomic mass is 10.0. The molecule has 0 aliphatic heterocycles. The fourth-order valence-corrected chi connectivity index (χ4v) is 13.2. The Labute approximate surface area is 546 Å². The molecule has 6 heteroatoms. The summed E-state index contributed by atoms with van der Waals surface area (Å²) in [6, 6.07) is -0.539. The molecule has 0 aromatic heterocycles. The van der Waals surface area contributed by atoms with E-state index in [0.717, 1.165) is 38.5 Å². The number of aliphatic hydroxyl groups excluding tert-OH is 2. The van der Waals surface area contributed by atoms with Crippen molar-refractivity contribution in [2.75, 3.05) is 13.2 Å². The van der Waals surface area contributed by atoms with E-state index in [4.69, 9.17) is 4.74 Å². The standard InChI is InChI=1S/C81H159NO5/c1-3-5-7-9-11-13-15-16-17-18-19-20-21-35-38-41-44-47-50-54-57-61-65-69-73-79(84)78(77-83)82-80(85)74-70-66-62-58-55-51-48-45-42-39-36-33-31-29-27-25-23-22-24-26-28-30-32-34-37-40-43-46-49-52-56-60-64-68-72-76-87-81(86)75-71-67-63-59-53-14-12-10-8-6-4-2/h24,26,78-79,83-84H,3-23,25,27-77H2,1-2H3,(H,82,85)/b26-24-. The molecule has 2 atom stereocenters. The van der Waals surface area contributed by atoms with Gasteiger partial charge in [0.05, 0.1) is 25.4 Å². The number of hydrogen-bond acceptors (Lipinski definition) is 5. The first-order chi connectivity index (χ1) is 43.0. The highest BCUT2D eigenvalue weighted by Crippen LogP contribution is 2.20. The summed E-state index contributed by atoms with van der Waals surface area (Å²) in [5, 5.41) is 23.5. The van der Waals surface area contributed by atoms with Gasteiger partial charge < -0.3 is 20.3 Å². The summed E-state index contributed by atoms with van der Waals surface area (Å²) >= 11 is 0. The van der Waals surface area contributed by atoms with Crippen LogP contribution >= 0.6 is 0 Å². The van der Waals surface area contributed by atoms with E-state index in [2.05, 4.69) is 31.3 Å². The topological polar surface area (TPSA) is 95.9 Å². The lowest BCUT2D eigenvalue weighted by molar-refractivity contribution is -0.143. The highest BCUT2D eigenvalue weighted by Gasteiger charge is 2.20. The van der Waals surface area contributed by atoms with Crippen LogP contribution in [0.1, 0.15) is 470 Å². The number of rotatable bonds is 77. The summed E-state index contributed by atoms with van der Waals surface area (Å²) in [5.74, 6) is -0.00402. The van der Waals surface area contributed by atoms with Gasteiger partial charge in [-0.1, -0.05) is 418 Å². The van der Waals surface area contributed by atoms with E-state index in [9.17, 15) is 19.8 Å². The molecule has 0 aliphatic rings. The summed E-state index contributed by atoms with van der Waals surface area (Å²) in [4.78, 5) is 24.6. The van der Waals surface area contributed by atoms with Crippen LogP contribution in [0.3, 0.4) is 0 Å². The highest BCUT2D eigenvalue weighted by atomic mass is 16.5. The van der Waals surface area contributed by atoms with E-state index in [0.29, 0.717) is 25.9 Å². The molecule has 3 N–H and O–H groups in total. The Bertz CT molecular complexity index is 1320. The molecule has 6 nitrogen and oxygen atoms in total. The maximum atomic E-state index is 12.6. The van der Waals surface area contributed by atoms with Gasteiger partial charge in [-0.3, -0.25) is 9.59 Å². The van der Waals surface area contributed by atoms with Gasteiger partial charge in [0.25, 0.3) is 0 Å². The van der Waals surface area contributed by atoms with Gasteiger partial charge in [-0.2, -0.15) is 0 Å². The van der Waals surface area contributed by atoms with Crippen molar-refractivity contribution in [1.29, 1.82) is 0 Å². The monoisotopic (exact) mass is 1230 g/mol. The number of carbonyl (C=O) groups excluding carboxylic acids is 2.